The third-order valence-electron chi connectivity index (χ3n) is 13.8. The number of hydrogen-bond donors (Lipinski definition) is 0. The van der Waals surface area contributed by atoms with Crippen LogP contribution in [0.3, 0.4) is 0 Å². The summed E-state index contributed by atoms with van der Waals surface area (Å²) in [6.45, 7) is 6.00. The first-order valence-corrected chi connectivity index (χ1v) is 23.2. The third kappa shape index (κ3) is 6.85. The average Bonchev–Trinajstić information content (AvgIpc) is 3.39. The van der Waals surface area contributed by atoms with Crippen molar-refractivity contribution in [2.45, 2.75) is 6.92 Å². The minimum atomic E-state index is 1.20. The molecule has 0 bridgehead atoms. The standard InChI is InChI=1S/C67H46/c1-3-4-6-19-44(2)45-32-36-48(37-33-45)64-55-26-13-14-27-56(55)65(49-38-34-47(35-39-49)46-20-7-5-8-21-46)63-43-51(40-41-61(63)64)66-57-28-15-17-30-59(57)67(60-31-18-16-29-58(60)66)62-42-50-22-9-10-23-52(50)53-24-11-12-25-54(53)62/h3-43H,1H2,2H3/b6-4-,44-19+. The second-order valence-corrected chi connectivity index (χ2v) is 17.6. The Balaban J connectivity index is 1.14. The molecular formula is C67H46. The van der Waals surface area contributed by atoms with Crippen LogP contribution in [0.2, 0.25) is 0 Å². The van der Waals surface area contributed by atoms with Gasteiger partial charge < -0.3 is 0 Å². The Morgan fingerprint density at radius 3 is 1.33 bits per heavy atom. The van der Waals surface area contributed by atoms with Gasteiger partial charge in [0.2, 0.25) is 0 Å². The van der Waals surface area contributed by atoms with E-state index in [4.69, 9.17) is 0 Å². The Labute approximate surface area is 391 Å². The molecule has 12 aromatic carbocycles. The molecule has 0 saturated carbocycles. The molecule has 67 heavy (non-hydrogen) atoms. The summed E-state index contributed by atoms with van der Waals surface area (Å²) in [7, 11) is 0. The van der Waals surface area contributed by atoms with Gasteiger partial charge in [0, 0.05) is 0 Å². The maximum Gasteiger partial charge on any atom is -0.00199 e. The molecule has 0 radical (unpaired) electrons. The number of allylic oxidation sites excluding steroid dienone is 5. The van der Waals surface area contributed by atoms with E-state index in [-0.39, 0.29) is 0 Å². The molecule has 0 aromatic heterocycles. The highest BCUT2D eigenvalue weighted by molar-refractivity contribution is 6.27. The average molecular weight is 851 g/mol. The van der Waals surface area contributed by atoms with Crippen LogP contribution < -0.4 is 0 Å². The fraction of sp³-hybridized carbons (Fsp3) is 0.0149. The van der Waals surface area contributed by atoms with Crippen LogP contribution in [-0.4, -0.2) is 0 Å². The van der Waals surface area contributed by atoms with Crippen molar-refractivity contribution in [3.8, 4) is 55.6 Å². The summed E-state index contributed by atoms with van der Waals surface area (Å²) in [5.41, 5.74) is 14.7. The molecule has 0 saturated heterocycles. The molecule has 0 spiro atoms. The van der Waals surface area contributed by atoms with Gasteiger partial charge in [-0.2, -0.15) is 0 Å². The zero-order valence-corrected chi connectivity index (χ0v) is 37.4. The van der Waals surface area contributed by atoms with E-state index < -0.39 is 0 Å². The molecule has 0 nitrogen and oxygen atoms in total. The molecule has 0 aliphatic rings. The second kappa shape index (κ2) is 16.8. The van der Waals surface area contributed by atoms with Crippen LogP contribution in [-0.2, 0) is 0 Å². The van der Waals surface area contributed by atoms with Crippen molar-refractivity contribution in [2.24, 2.45) is 0 Å². The maximum atomic E-state index is 3.83. The van der Waals surface area contributed by atoms with Crippen molar-refractivity contribution in [2.75, 3.05) is 0 Å². The van der Waals surface area contributed by atoms with E-state index in [0.717, 1.165) is 0 Å². The lowest BCUT2D eigenvalue weighted by Crippen LogP contribution is -1.94. The molecule has 0 N–H and O–H groups in total. The Hall–Kier alpha value is -8.58. The normalized spacial score (nSPS) is 12.0. The van der Waals surface area contributed by atoms with E-state index in [1.165, 1.54) is 131 Å². The zero-order chi connectivity index (χ0) is 44.8. The van der Waals surface area contributed by atoms with Crippen LogP contribution in [0.25, 0.3) is 126 Å². The quantitative estimate of drug-likeness (QED) is 0.0812. The minimum Gasteiger partial charge on any atom is -0.0991 e. The summed E-state index contributed by atoms with van der Waals surface area (Å²) in [6.07, 6.45) is 7.97. The summed E-state index contributed by atoms with van der Waals surface area (Å²) >= 11 is 0. The van der Waals surface area contributed by atoms with Gasteiger partial charge in [0.1, 0.15) is 0 Å². The Kier molecular flexibility index (Phi) is 10.0. The summed E-state index contributed by atoms with van der Waals surface area (Å²) in [5, 5.41) is 15.0. The van der Waals surface area contributed by atoms with Crippen LogP contribution >= 0.6 is 0 Å². The van der Waals surface area contributed by atoms with Gasteiger partial charge in [-0.15, -0.1) is 0 Å². The predicted molar refractivity (Wildman–Crippen MR) is 292 cm³/mol. The van der Waals surface area contributed by atoms with E-state index in [1.54, 1.807) is 0 Å². The van der Waals surface area contributed by atoms with E-state index >= 15 is 0 Å². The Bertz CT molecular complexity index is 3900. The van der Waals surface area contributed by atoms with Crippen LogP contribution in [0.15, 0.2) is 255 Å². The lowest BCUT2D eigenvalue weighted by Gasteiger charge is -2.21. The van der Waals surface area contributed by atoms with E-state index in [2.05, 4.69) is 244 Å². The van der Waals surface area contributed by atoms with Gasteiger partial charge in [-0.25, -0.2) is 0 Å². The molecule has 0 amide bonds. The molecule has 314 valence electrons. The van der Waals surface area contributed by atoms with Crippen molar-refractivity contribution < 1.29 is 0 Å². The Morgan fingerprint density at radius 1 is 0.313 bits per heavy atom. The molecule has 0 aliphatic heterocycles. The molecule has 0 heterocycles. The first kappa shape index (κ1) is 40.0. The van der Waals surface area contributed by atoms with Gasteiger partial charge in [0.05, 0.1) is 0 Å². The molecule has 0 heteroatoms. The lowest BCUT2D eigenvalue weighted by atomic mass is 9.82. The fourth-order valence-corrected chi connectivity index (χ4v) is 10.7. The smallest absolute Gasteiger partial charge is 0.00199 e. The summed E-state index contributed by atoms with van der Waals surface area (Å²) < 4.78 is 0. The van der Waals surface area contributed by atoms with Gasteiger partial charge in [0.15, 0.2) is 0 Å². The summed E-state index contributed by atoms with van der Waals surface area (Å²) in [5.74, 6) is 0. The van der Waals surface area contributed by atoms with Gasteiger partial charge in [-0.3, -0.25) is 0 Å². The van der Waals surface area contributed by atoms with Crippen molar-refractivity contribution in [1.29, 1.82) is 0 Å². The largest absolute Gasteiger partial charge is 0.0991 e. The molecule has 0 atom stereocenters. The van der Waals surface area contributed by atoms with Gasteiger partial charge in [-0.1, -0.05) is 243 Å². The van der Waals surface area contributed by atoms with Crippen LogP contribution in [0.1, 0.15) is 12.5 Å². The van der Waals surface area contributed by atoms with Crippen molar-refractivity contribution in [1.82, 2.24) is 0 Å². The number of fused-ring (bicyclic) bond motifs is 7. The highest BCUT2D eigenvalue weighted by Crippen LogP contribution is 2.49. The lowest BCUT2D eigenvalue weighted by molar-refractivity contribution is 1.56. The van der Waals surface area contributed by atoms with Crippen molar-refractivity contribution in [3.05, 3.63) is 261 Å². The van der Waals surface area contributed by atoms with Crippen LogP contribution in [0.5, 0.6) is 0 Å². The topological polar surface area (TPSA) is 0 Å². The molecular weight excluding hydrogens is 805 g/mol. The van der Waals surface area contributed by atoms with Crippen LogP contribution in [0, 0.1) is 0 Å². The highest BCUT2D eigenvalue weighted by Gasteiger charge is 2.22. The van der Waals surface area contributed by atoms with E-state index in [0.29, 0.717) is 0 Å². The summed E-state index contributed by atoms with van der Waals surface area (Å²) in [4.78, 5) is 0. The molecule has 12 aromatic rings. The minimum absolute atomic E-state index is 1.20. The predicted octanol–water partition coefficient (Wildman–Crippen LogP) is 19.1. The molecule has 0 unspecified atom stereocenters. The molecule has 0 fully saturated rings. The number of hydrogen-bond acceptors (Lipinski definition) is 0. The molecule has 0 aliphatic carbocycles. The first-order valence-electron chi connectivity index (χ1n) is 23.2. The fourth-order valence-electron chi connectivity index (χ4n) is 10.7. The number of rotatable bonds is 8. The highest BCUT2D eigenvalue weighted by atomic mass is 14.2. The second-order valence-electron chi connectivity index (χ2n) is 17.6. The molecule has 12 rings (SSSR count). The maximum absolute atomic E-state index is 3.83. The first-order chi connectivity index (χ1) is 33.1. The number of benzene rings is 12. The SMILES string of the molecule is C=C/C=C\C=C(/C)c1ccc(-c2c3ccccc3c(-c3ccc(-c4ccccc4)cc3)c3cc(-c4c5ccccc5c(-c5cc6ccccc6c6ccccc56)c5ccccc45)ccc23)cc1. The van der Waals surface area contributed by atoms with Crippen molar-refractivity contribution >= 4 is 70.2 Å². The Morgan fingerprint density at radius 2 is 0.731 bits per heavy atom. The third-order valence-corrected chi connectivity index (χ3v) is 13.8. The van der Waals surface area contributed by atoms with Crippen molar-refractivity contribution in [3.63, 3.8) is 0 Å². The van der Waals surface area contributed by atoms with Crippen LogP contribution in [0.4, 0.5) is 0 Å². The monoisotopic (exact) mass is 850 g/mol. The van der Waals surface area contributed by atoms with E-state index in [1.807, 2.05) is 18.2 Å². The van der Waals surface area contributed by atoms with E-state index in [9.17, 15) is 0 Å². The van der Waals surface area contributed by atoms with Gasteiger partial charge >= 0.3 is 0 Å². The van der Waals surface area contributed by atoms with Gasteiger partial charge in [0.25, 0.3) is 0 Å². The zero-order valence-electron chi connectivity index (χ0n) is 37.4. The van der Waals surface area contributed by atoms with Gasteiger partial charge in [-0.05, 0) is 150 Å². The summed E-state index contributed by atoms with van der Waals surface area (Å²) in [6, 6.07) is 83.4.